The van der Waals surface area contributed by atoms with Crippen LogP contribution in [0.1, 0.15) is 30.5 Å². The van der Waals surface area contributed by atoms with Crippen LogP contribution in [0.15, 0.2) is 5.38 Å². The molecule has 1 unspecified atom stereocenters. The minimum Gasteiger partial charge on any atom is -0.286 e. The first-order valence-electron chi connectivity index (χ1n) is 6.48. The average Bonchev–Trinajstić information content (AvgIpc) is 2.88. The second kappa shape index (κ2) is 5.79. The summed E-state index contributed by atoms with van der Waals surface area (Å²) in [6.07, 6.45) is 1.24. The number of imide groups is 1. The van der Waals surface area contributed by atoms with Crippen LogP contribution >= 0.6 is 11.3 Å². The third kappa shape index (κ3) is 3.01. The van der Waals surface area contributed by atoms with Crippen molar-refractivity contribution in [2.75, 3.05) is 13.6 Å². The van der Waals surface area contributed by atoms with E-state index in [9.17, 15) is 9.59 Å². The normalized spacial score (nSPS) is 19.8. The molecular weight excluding hydrogens is 262 g/mol. The first-order valence-corrected chi connectivity index (χ1v) is 7.36. The molecule has 1 atom stereocenters. The molecule has 2 amide bonds. The van der Waals surface area contributed by atoms with Gasteiger partial charge in [0.15, 0.2) is 0 Å². The lowest BCUT2D eigenvalue weighted by atomic mass is 10.2. The Hall–Kier alpha value is -1.27. The maximum Gasteiger partial charge on any atom is 0.246 e. The number of carbonyl (C=O) groups excluding carboxylic acids is 2. The molecule has 2 heterocycles. The highest BCUT2D eigenvalue weighted by atomic mass is 32.1. The zero-order chi connectivity index (χ0) is 14.0. The number of carbonyl (C=O) groups is 2. The second-order valence-electron chi connectivity index (χ2n) is 4.84. The van der Waals surface area contributed by atoms with Crippen molar-refractivity contribution in [3.05, 3.63) is 16.1 Å². The fourth-order valence-electron chi connectivity index (χ4n) is 2.34. The predicted molar refractivity (Wildman–Crippen MR) is 73.7 cm³/mol. The molecular formula is C13H19N3O2S. The maximum absolute atomic E-state index is 12.1. The second-order valence-corrected chi connectivity index (χ2v) is 5.90. The van der Waals surface area contributed by atoms with Gasteiger partial charge in [0.05, 0.1) is 23.2 Å². The van der Waals surface area contributed by atoms with Crippen LogP contribution in [0.3, 0.4) is 0 Å². The molecule has 1 aliphatic heterocycles. The summed E-state index contributed by atoms with van der Waals surface area (Å²) in [5, 5.41) is 3.04. The standard InChI is InChI=1S/C13H19N3O2S/c1-4-5-16(7-10-8-19-9(2)14-10)11-6-12(17)15(3)13(11)18/h8,11H,4-7H2,1-3H3. The summed E-state index contributed by atoms with van der Waals surface area (Å²) in [7, 11) is 1.56. The summed E-state index contributed by atoms with van der Waals surface area (Å²) in [4.78, 5) is 31.4. The minimum absolute atomic E-state index is 0.0921. The van der Waals surface area contributed by atoms with Crippen LogP contribution < -0.4 is 0 Å². The topological polar surface area (TPSA) is 53.5 Å². The largest absolute Gasteiger partial charge is 0.286 e. The molecule has 0 N–H and O–H groups in total. The summed E-state index contributed by atoms with van der Waals surface area (Å²) >= 11 is 1.61. The lowest BCUT2D eigenvalue weighted by Gasteiger charge is -2.25. The van der Waals surface area contributed by atoms with Crippen molar-refractivity contribution in [2.45, 2.75) is 39.3 Å². The van der Waals surface area contributed by atoms with Gasteiger partial charge in [-0.1, -0.05) is 6.92 Å². The van der Waals surface area contributed by atoms with Gasteiger partial charge in [-0.25, -0.2) is 4.98 Å². The highest BCUT2D eigenvalue weighted by molar-refractivity contribution is 7.09. The Morgan fingerprint density at radius 3 is 2.74 bits per heavy atom. The van der Waals surface area contributed by atoms with Crippen molar-refractivity contribution in [2.24, 2.45) is 0 Å². The number of hydrogen-bond acceptors (Lipinski definition) is 5. The van der Waals surface area contributed by atoms with E-state index in [1.807, 2.05) is 12.3 Å². The van der Waals surface area contributed by atoms with E-state index in [-0.39, 0.29) is 17.9 Å². The van der Waals surface area contributed by atoms with Crippen LogP contribution in [0.4, 0.5) is 0 Å². The fourth-order valence-corrected chi connectivity index (χ4v) is 2.95. The van der Waals surface area contributed by atoms with Crippen LogP contribution in [-0.2, 0) is 16.1 Å². The van der Waals surface area contributed by atoms with Gasteiger partial charge in [0.1, 0.15) is 0 Å². The fraction of sp³-hybridized carbons (Fsp3) is 0.615. The average molecular weight is 281 g/mol. The molecule has 1 aliphatic rings. The van der Waals surface area contributed by atoms with Gasteiger partial charge in [0.25, 0.3) is 0 Å². The van der Waals surface area contributed by atoms with E-state index in [0.717, 1.165) is 23.7 Å². The Morgan fingerprint density at radius 2 is 2.26 bits per heavy atom. The highest BCUT2D eigenvalue weighted by Gasteiger charge is 2.39. The van der Waals surface area contributed by atoms with E-state index >= 15 is 0 Å². The summed E-state index contributed by atoms with van der Waals surface area (Å²) in [6, 6.07) is -0.320. The van der Waals surface area contributed by atoms with Crippen LogP contribution in [0, 0.1) is 6.92 Å². The van der Waals surface area contributed by atoms with E-state index in [4.69, 9.17) is 0 Å². The molecule has 1 fully saturated rings. The van der Waals surface area contributed by atoms with Gasteiger partial charge in [-0.15, -0.1) is 11.3 Å². The summed E-state index contributed by atoms with van der Waals surface area (Å²) in [6.45, 7) is 5.48. The van der Waals surface area contributed by atoms with Crippen LogP contribution in [-0.4, -0.2) is 46.2 Å². The molecule has 0 aliphatic carbocycles. The van der Waals surface area contributed by atoms with Gasteiger partial charge >= 0.3 is 0 Å². The summed E-state index contributed by atoms with van der Waals surface area (Å²) < 4.78 is 0. The van der Waals surface area contributed by atoms with E-state index in [0.29, 0.717) is 13.0 Å². The number of rotatable bonds is 5. The number of aryl methyl sites for hydroxylation is 1. The molecule has 1 aromatic heterocycles. The van der Waals surface area contributed by atoms with E-state index in [2.05, 4.69) is 16.8 Å². The molecule has 1 saturated heterocycles. The summed E-state index contributed by atoms with van der Waals surface area (Å²) in [5.41, 5.74) is 0.978. The minimum atomic E-state index is -0.320. The van der Waals surface area contributed by atoms with E-state index in [1.54, 1.807) is 18.4 Å². The Morgan fingerprint density at radius 1 is 1.53 bits per heavy atom. The van der Waals surface area contributed by atoms with Gasteiger partial charge in [-0.2, -0.15) is 0 Å². The van der Waals surface area contributed by atoms with Crippen molar-refractivity contribution < 1.29 is 9.59 Å². The first-order chi connectivity index (χ1) is 9.02. The van der Waals surface area contributed by atoms with Crippen LogP contribution in [0.2, 0.25) is 0 Å². The van der Waals surface area contributed by atoms with Gasteiger partial charge in [-0.05, 0) is 19.9 Å². The maximum atomic E-state index is 12.1. The number of nitrogens with zero attached hydrogens (tertiary/aromatic N) is 3. The number of likely N-dealkylation sites (tertiary alicyclic amines) is 1. The SMILES string of the molecule is CCCN(Cc1csc(C)n1)C1CC(=O)N(C)C1=O. The van der Waals surface area contributed by atoms with Gasteiger partial charge in [0.2, 0.25) is 11.8 Å². The zero-order valence-electron chi connectivity index (χ0n) is 11.5. The van der Waals surface area contributed by atoms with Crippen molar-refractivity contribution in [1.29, 1.82) is 0 Å². The molecule has 0 aromatic carbocycles. The number of amides is 2. The molecule has 2 rings (SSSR count). The first kappa shape index (κ1) is 14.1. The van der Waals surface area contributed by atoms with Crippen molar-refractivity contribution in [1.82, 2.24) is 14.8 Å². The third-order valence-electron chi connectivity index (χ3n) is 3.34. The third-order valence-corrected chi connectivity index (χ3v) is 4.16. The molecule has 0 radical (unpaired) electrons. The van der Waals surface area contributed by atoms with Crippen molar-refractivity contribution >= 4 is 23.2 Å². The smallest absolute Gasteiger partial charge is 0.246 e. The summed E-state index contributed by atoms with van der Waals surface area (Å²) in [5.74, 6) is -0.184. The molecule has 104 valence electrons. The highest BCUT2D eigenvalue weighted by Crippen LogP contribution is 2.20. The van der Waals surface area contributed by atoms with Gasteiger partial charge in [-0.3, -0.25) is 19.4 Å². The Balaban J connectivity index is 2.12. The molecule has 0 saturated carbocycles. The number of hydrogen-bond donors (Lipinski definition) is 0. The molecule has 1 aromatic rings. The lowest BCUT2D eigenvalue weighted by molar-refractivity contribution is -0.138. The number of aromatic nitrogens is 1. The molecule has 0 spiro atoms. The number of thiazole rings is 1. The quantitative estimate of drug-likeness (QED) is 0.766. The zero-order valence-corrected chi connectivity index (χ0v) is 12.4. The Bertz CT molecular complexity index is 486. The number of likely N-dealkylation sites (N-methyl/N-ethyl adjacent to an activating group) is 1. The predicted octanol–water partition coefficient (Wildman–Crippen LogP) is 1.42. The molecule has 19 heavy (non-hydrogen) atoms. The lowest BCUT2D eigenvalue weighted by Crippen LogP contribution is -2.41. The van der Waals surface area contributed by atoms with E-state index in [1.165, 1.54) is 4.90 Å². The molecule has 6 heteroatoms. The van der Waals surface area contributed by atoms with Crippen LogP contribution in [0.5, 0.6) is 0 Å². The van der Waals surface area contributed by atoms with Gasteiger partial charge < -0.3 is 0 Å². The van der Waals surface area contributed by atoms with Crippen LogP contribution in [0.25, 0.3) is 0 Å². The van der Waals surface area contributed by atoms with Gasteiger partial charge in [0, 0.05) is 19.0 Å². The van der Waals surface area contributed by atoms with E-state index < -0.39 is 0 Å². The van der Waals surface area contributed by atoms with Crippen molar-refractivity contribution in [3.63, 3.8) is 0 Å². The van der Waals surface area contributed by atoms with Crippen molar-refractivity contribution in [3.8, 4) is 0 Å². The monoisotopic (exact) mass is 281 g/mol. The molecule has 0 bridgehead atoms. The Labute approximate surface area is 117 Å². The Kier molecular flexibility index (Phi) is 4.31. The molecule has 5 nitrogen and oxygen atoms in total.